The predicted molar refractivity (Wildman–Crippen MR) is 66.4 cm³/mol. The average molecular weight is 226 g/mol. The first-order valence-corrected chi connectivity index (χ1v) is 6.44. The van der Waals surface area contributed by atoms with E-state index in [4.69, 9.17) is 10.5 Å². The van der Waals surface area contributed by atoms with Crippen LogP contribution in [0.15, 0.2) is 0 Å². The summed E-state index contributed by atoms with van der Waals surface area (Å²) in [5, 5.41) is 0. The van der Waals surface area contributed by atoms with Gasteiger partial charge in [-0.2, -0.15) is 0 Å². The molecule has 3 nitrogen and oxygen atoms in total. The lowest BCUT2D eigenvalue weighted by molar-refractivity contribution is -0.183. The van der Waals surface area contributed by atoms with Gasteiger partial charge < -0.3 is 10.5 Å². The summed E-state index contributed by atoms with van der Waals surface area (Å²) in [5.74, 6) is 0.819. The highest BCUT2D eigenvalue weighted by Gasteiger charge is 2.39. The zero-order valence-corrected chi connectivity index (χ0v) is 11.1. The maximum absolute atomic E-state index is 6.08. The number of rotatable bonds is 2. The highest BCUT2D eigenvalue weighted by Crippen LogP contribution is 2.32. The van der Waals surface area contributed by atoms with E-state index in [0.29, 0.717) is 6.04 Å². The molecule has 2 rings (SSSR count). The Balaban J connectivity index is 1.89. The van der Waals surface area contributed by atoms with E-state index in [9.17, 15) is 0 Å². The molecule has 94 valence electrons. The van der Waals surface area contributed by atoms with Gasteiger partial charge in [0.15, 0.2) is 0 Å². The van der Waals surface area contributed by atoms with Gasteiger partial charge in [-0.05, 0) is 46.5 Å². The third-order valence-corrected chi connectivity index (χ3v) is 3.55. The molecule has 1 aliphatic heterocycles. The van der Waals surface area contributed by atoms with Gasteiger partial charge in [0.1, 0.15) is 0 Å². The SMILES string of the molecule is CC1(C)CN(CC2CC(N)C2)CC(C)(C)O1. The zero-order valence-electron chi connectivity index (χ0n) is 11.1. The van der Waals surface area contributed by atoms with Crippen LogP contribution in [0.2, 0.25) is 0 Å². The van der Waals surface area contributed by atoms with Crippen LogP contribution < -0.4 is 5.73 Å². The second-order valence-corrected chi connectivity index (χ2v) is 6.89. The number of nitrogens with two attached hydrogens (primary N) is 1. The lowest BCUT2D eigenvalue weighted by atomic mass is 9.80. The standard InChI is InChI=1S/C13H26N2O/c1-12(2)8-15(9-13(3,4)16-12)7-10-5-11(14)6-10/h10-11H,5-9,14H2,1-4H3. The minimum atomic E-state index is -0.0202. The molecule has 0 aromatic heterocycles. The largest absolute Gasteiger partial charge is 0.367 e. The Kier molecular flexibility index (Phi) is 3.06. The van der Waals surface area contributed by atoms with Crippen LogP contribution in [-0.4, -0.2) is 41.8 Å². The lowest BCUT2D eigenvalue weighted by Gasteiger charge is -2.49. The molecule has 0 radical (unpaired) electrons. The molecule has 2 N–H and O–H groups in total. The minimum absolute atomic E-state index is 0.0202. The lowest BCUT2D eigenvalue weighted by Crippen LogP contribution is -2.58. The number of morpholine rings is 1. The molecule has 0 bridgehead atoms. The van der Waals surface area contributed by atoms with Crippen molar-refractivity contribution >= 4 is 0 Å². The minimum Gasteiger partial charge on any atom is -0.367 e. The Hall–Kier alpha value is -0.120. The van der Waals surface area contributed by atoms with Gasteiger partial charge in [0.2, 0.25) is 0 Å². The van der Waals surface area contributed by atoms with Gasteiger partial charge in [0.05, 0.1) is 11.2 Å². The van der Waals surface area contributed by atoms with Crippen molar-refractivity contribution in [2.24, 2.45) is 11.7 Å². The van der Waals surface area contributed by atoms with E-state index in [-0.39, 0.29) is 11.2 Å². The van der Waals surface area contributed by atoms with Crippen LogP contribution >= 0.6 is 0 Å². The smallest absolute Gasteiger partial charge is 0.0760 e. The Morgan fingerprint density at radius 3 is 2.06 bits per heavy atom. The summed E-state index contributed by atoms with van der Waals surface area (Å²) in [4.78, 5) is 2.56. The molecule has 0 amide bonds. The topological polar surface area (TPSA) is 38.5 Å². The Bertz CT molecular complexity index is 241. The molecule has 0 aromatic rings. The highest BCUT2D eigenvalue weighted by molar-refractivity contribution is 4.92. The molecule has 0 unspecified atom stereocenters. The fraction of sp³-hybridized carbons (Fsp3) is 1.00. The van der Waals surface area contributed by atoms with E-state index >= 15 is 0 Å². The summed E-state index contributed by atoms with van der Waals surface area (Å²) in [7, 11) is 0. The summed E-state index contributed by atoms with van der Waals surface area (Å²) in [5.41, 5.74) is 5.80. The van der Waals surface area contributed by atoms with Crippen LogP contribution in [-0.2, 0) is 4.74 Å². The monoisotopic (exact) mass is 226 g/mol. The third-order valence-electron chi connectivity index (χ3n) is 3.55. The van der Waals surface area contributed by atoms with Gasteiger partial charge in [-0.3, -0.25) is 4.90 Å². The van der Waals surface area contributed by atoms with E-state index in [1.165, 1.54) is 19.4 Å². The maximum atomic E-state index is 6.08. The Morgan fingerprint density at radius 1 is 1.12 bits per heavy atom. The van der Waals surface area contributed by atoms with Gasteiger partial charge >= 0.3 is 0 Å². The summed E-state index contributed by atoms with van der Waals surface area (Å²) >= 11 is 0. The fourth-order valence-electron chi connectivity index (χ4n) is 3.38. The second kappa shape index (κ2) is 3.97. The van der Waals surface area contributed by atoms with Crippen LogP contribution in [0.4, 0.5) is 0 Å². The van der Waals surface area contributed by atoms with E-state index in [1.807, 2.05) is 0 Å². The van der Waals surface area contributed by atoms with Crippen LogP contribution in [0.3, 0.4) is 0 Å². The quantitative estimate of drug-likeness (QED) is 0.777. The van der Waals surface area contributed by atoms with Gasteiger partial charge in [-0.1, -0.05) is 0 Å². The molecule has 3 heteroatoms. The van der Waals surface area contributed by atoms with Crippen molar-refractivity contribution in [3.63, 3.8) is 0 Å². The Morgan fingerprint density at radius 2 is 1.62 bits per heavy atom. The van der Waals surface area contributed by atoms with Crippen molar-refractivity contribution in [2.75, 3.05) is 19.6 Å². The van der Waals surface area contributed by atoms with Crippen LogP contribution in [0, 0.1) is 5.92 Å². The van der Waals surface area contributed by atoms with Gasteiger partial charge in [-0.15, -0.1) is 0 Å². The van der Waals surface area contributed by atoms with E-state index in [2.05, 4.69) is 32.6 Å². The summed E-state index contributed by atoms with van der Waals surface area (Å²) in [6.07, 6.45) is 2.41. The molecule has 0 aromatic carbocycles. The van der Waals surface area contributed by atoms with E-state index in [1.54, 1.807) is 0 Å². The molecule has 1 heterocycles. The van der Waals surface area contributed by atoms with Gasteiger partial charge in [0, 0.05) is 25.7 Å². The Labute approximate surface area is 99.3 Å². The molecule has 1 aliphatic carbocycles. The predicted octanol–water partition coefficient (Wildman–Crippen LogP) is 1.61. The first kappa shape index (κ1) is 12.3. The third kappa shape index (κ3) is 2.96. The molecule has 0 spiro atoms. The molecule has 0 atom stereocenters. The average Bonchev–Trinajstić information content (AvgIpc) is 1.94. The number of nitrogens with zero attached hydrogens (tertiary/aromatic N) is 1. The maximum Gasteiger partial charge on any atom is 0.0760 e. The number of hydrogen-bond acceptors (Lipinski definition) is 3. The molecule has 1 saturated heterocycles. The first-order valence-electron chi connectivity index (χ1n) is 6.44. The summed E-state index contributed by atoms with van der Waals surface area (Å²) in [6.45, 7) is 12.0. The molecule has 2 fully saturated rings. The second-order valence-electron chi connectivity index (χ2n) is 6.89. The summed E-state index contributed by atoms with van der Waals surface area (Å²) in [6, 6.07) is 0.465. The molecular weight excluding hydrogens is 200 g/mol. The molecule has 2 aliphatic rings. The van der Waals surface area contributed by atoms with Crippen LogP contribution in [0.5, 0.6) is 0 Å². The van der Waals surface area contributed by atoms with Crippen molar-refractivity contribution in [2.45, 2.75) is 57.8 Å². The van der Waals surface area contributed by atoms with Crippen molar-refractivity contribution < 1.29 is 4.74 Å². The van der Waals surface area contributed by atoms with Crippen molar-refractivity contribution in [3.8, 4) is 0 Å². The molecule has 16 heavy (non-hydrogen) atoms. The summed E-state index contributed by atoms with van der Waals surface area (Å²) < 4.78 is 6.08. The molecular formula is C13H26N2O. The zero-order chi connectivity index (χ0) is 12.0. The van der Waals surface area contributed by atoms with Crippen molar-refractivity contribution in [1.82, 2.24) is 4.90 Å². The van der Waals surface area contributed by atoms with E-state index in [0.717, 1.165) is 19.0 Å². The normalized spacial score (nSPS) is 38.1. The highest BCUT2D eigenvalue weighted by atomic mass is 16.5. The molecule has 1 saturated carbocycles. The van der Waals surface area contributed by atoms with Crippen molar-refractivity contribution in [1.29, 1.82) is 0 Å². The van der Waals surface area contributed by atoms with Gasteiger partial charge in [-0.25, -0.2) is 0 Å². The fourth-order valence-corrected chi connectivity index (χ4v) is 3.38. The van der Waals surface area contributed by atoms with E-state index < -0.39 is 0 Å². The van der Waals surface area contributed by atoms with Crippen LogP contribution in [0.1, 0.15) is 40.5 Å². The number of ether oxygens (including phenoxy) is 1. The number of hydrogen-bond donors (Lipinski definition) is 1. The van der Waals surface area contributed by atoms with Crippen molar-refractivity contribution in [3.05, 3.63) is 0 Å². The van der Waals surface area contributed by atoms with Crippen LogP contribution in [0.25, 0.3) is 0 Å². The first-order chi connectivity index (χ1) is 7.26. The van der Waals surface area contributed by atoms with Gasteiger partial charge in [0.25, 0.3) is 0 Å².